The summed E-state index contributed by atoms with van der Waals surface area (Å²) in [4.78, 5) is 0. The summed E-state index contributed by atoms with van der Waals surface area (Å²) < 4.78 is 15.2. The predicted octanol–water partition coefficient (Wildman–Crippen LogP) is 2.61. The summed E-state index contributed by atoms with van der Waals surface area (Å²) in [5.74, 6) is -0.505. The first-order valence-electron chi connectivity index (χ1n) is 6.09. The van der Waals surface area contributed by atoms with Gasteiger partial charge in [-0.1, -0.05) is 13.0 Å². The van der Waals surface area contributed by atoms with E-state index in [1.165, 1.54) is 6.07 Å². The molecule has 1 aromatic heterocycles. The minimum absolute atomic E-state index is 0.0458. The Morgan fingerprint density at radius 2 is 2.26 bits per heavy atom. The Balaban J connectivity index is 2.19. The molecule has 0 bridgehead atoms. The molecule has 0 saturated carbocycles. The molecule has 5 heteroatoms. The molecule has 1 N–H and O–H groups in total. The largest absolute Gasteiger partial charge is 0.380 e. The Hall–Kier alpha value is -2.35. The Morgan fingerprint density at radius 1 is 1.47 bits per heavy atom. The topological polar surface area (TPSA) is 53.6 Å². The van der Waals surface area contributed by atoms with Gasteiger partial charge in [0.05, 0.1) is 11.4 Å². The van der Waals surface area contributed by atoms with Gasteiger partial charge in [0.15, 0.2) is 0 Å². The first kappa shape index (κ1) is 13.1. The number of hydrogen-bond donors (Lipinski definition) is 1. The van der Waals surface area contributed by atoms with E-state index in [0.29, 0.717) is 12.2 Å². The highest BCUT2D eigenvalue weighted by Crippen LogP contribution is 2.19. The Labute approximate surface area is 111 Å². The van der Waals surface area contributed by atoms with Gasteiger partial charge >= 0.3 is 0 Å². The molecule has 0 aliphatic heterocycles. The summed E-state index contributed by atoms with van der Waals surface area (Å²) in [5.41, 5.74) is 2.61. The average molecular weight is 258 g/mol. The summed E-state index contributed by atoms with van der Waals surface area (Å²) in [6.45, 7) is 2.56. The monoisotopic (exact) mass is 258 g/mol. The third-order valence-electron chi connectivity index (χ3n) is 2.92. The minimum atomic E-state index is -0.505. The second-order valence-corrected chi connectivity index (χ2v) is 4.26. The van der Waals surface area contributed by atoms with Crippen LogP contribution in [0.15, 0.2) is 24.4 Å². The molecule has 1 heterocycles. The van der Waals surface area contributed by atoms with Gasteiger partial charge in [0.25, 0.3) is 0 Å². The van der Waals surface area contributed by atoms with Crippen molar-refractivity contribution in [3.05, 3.63) is 47.0 Å². The van der Waals surface area contributed by atoms with Crippen LogP contribution in [0.4, 0.5) is 10.1 Å². The number of hydrogen-bond acceptors (Lipinski definition) is 3. The number of benzene rings is 1. The fourth-order valence-corrected chi connectivity index (χ4v) is 2.00. The van der Waals surface area contributed by atoms with Gasteiger partial charge in [0.1, 0.15) is 17.4 Å². The molecule has 0 saturated heterocycles. The third kappa shape index (κ3) is 2.74. The third-order valence-corrected chi connectivity index (χ3v) is 2.92. The lowest BCUT2D eigenvalue weighted by Gasteiger charge is -2.08. The lowest BCUT2D eigenvalue weighted by atomic mass is 10.1. The van der Waals surface area contributed by atoms with Crippen LogP contribution in [-0.2, 0) is 20.0 Å². The molecular weight excluding hydrogens is 243 g/mol. The molecule has 0 radical (unpaired) electrons. The smallest absolute Gasteiger partial charge is 0.143 e. The molecule has 0 aliphatic carbocycles. The van der Waals surface area contributed by atoms with Crippen LogP contribution in [0.2, 0.25) is 0 Å². The maximum Gasteiger partial charge on any atom is 0.143 e. The number of nitrogens with zero attached hydrogens (tertiary/aromatic N) is 3. The molecule has 2 rings (SSSR count). The number of rotatable bonds is 4. The summed E-state index contributed by atoms with van der Waals surface area (Å²) in [6.07, 6.45) is 2.77. The van der Waals surface area contributed by atoms with Crippen molar-refractivity contribution in [1.82, 2.24) is 9.78 Å². The first-order valence-corrected chi connectivity index (χ1v) is 6.09. The molecule has 4 nitrogen and oxygen atoms in total. The standard InChI is InChI=1S/C14H15FN4/c1-3-13-10(9-19(2)18-13)8-17-14-6-4-5-12(15)11(14)7-16/h4-6,9,17H,3,8H2,1-2H3. The van der Waals surface area contributed by atoms with Crippen LogP contribution in [-0.4, -0.2) is 9.78 Å². The number of nitrogens with one attached hydrogen (secondary N) is 1. The van der Waals surface area contributed by atoms with Crippen LogP contribution in [0.3, 0.4) is 0 Å². The van der Waals surface area contributed by atoms with Crippen LogP contribution in [0.1, 0.15) is 23.7 Å². The summed E-state index contributed by atoms with van der Waals surface area (Å²) in [6, 6.07) is 6.44. The van der Waals surface area contributed by atoms with Gasteiger partial charge < -0.3 is 5.32 Å². The average Bonchev–Trinajstić information content (AvgIpc) is 2.76. The Kier molecular flexibility index (Phi) is 3.81. The SMILES string of the molecule is CCc1nn(C)cc1CNc1cccc(F)c1C#N. The van der Waals surface area contributed by atoms with Crippen LogP contribution in [0.25, 0.3) is 0 Å². The predicted molar refractivity (Wildman–Crippen MR) is 71.0 cm³/mol. The van der Waals surface area contributed by atoms with Crippen LogP contribution < -0.4 is 5.32 Å². The van der Waals surface area contributed by atoms with E-state index in [2.05, 4.69) is 10.4 Å². The molecule has 19 heavy (non-hydrogen) atoms. The zero-order chi connectivity index (χ0) is 13.8. The van der Waals surface area contributed by atoms with Crippen molar-refractivity contribution in [1.29, 1.82) is 5.26 Å². The van der Waals surface area contributed by atoms with E-state index in [-0.39, 0.29) is 5.56 Å². The number of nitriles is 1. The van der Waals surface area contributed by atoms with E-state index in [0.717, 1.165) is 17.7 Å². The molecule has 2 aromatic rings. The second-order valence-electron chi connectivity index (χ2n) is 4.26. The second kappa shape index (κ2) is 5.53. The molecule has 0 unspecified atom stereocenters. The molecular formula is C14H15FN4. The van der Waals surface area contributed by atoms with Crippen molar-refractivity contribution < 1.29 is 4.39 Å². The fraction of sp³-hybridized carbons (Fsp3) is 0.286. The lowest BCUT2D eigenvalue weighted by Crippen LogP contribution is -2.03. The van der Waals surface area contributed by atoms with E-state index in [1.807, 2.05) is 26.2 Å². The first-order chi connectivity index (χ1) is 9.15. The summed E-state index contributed by atoms with van der Waals surface area (Å²) in [7, 11) is 1.87. The van der Waals surface area contributed by atoms with Gasteiger partial charge in [-0.15, -0.1) is 0 Å². The minimum Gasteiger partial charge on any atom is -0.380 e. The van der Waals surface area contributed by atoms with E-state index in [9.17, 15) is 4.39 Å². The van der Waals surface area contributed by atoms with Crippen molar-refractivity contribution in [2.24, 2.45) is 7.05 Å². The molecule has 0 amide bonds. The number of halogens is 1. The van der Waals surface area contributed by atoms with Crippen molar-refractivity contribution in [2.75, 3.05) is 5.32 Å². The van der Waals surface area contributed by atoms with E-state index < -0.39 is 5.82 Å². The zero-order valence-corrected chi connectivity index (χ0v) is 10.9. The molecule has 0 spiro atoms. The van der Waals surface area contributed by atoms with Crippen molar-refractivity contribution in [3.8, 4) is 6.07 Å². The van der Waals surface area contributed by atoms with Crippen LogP contribution >= 0.6 is 0 Å². The van der Waals surface area contributed by atoms with Crippen LogP contribution in [0.5, 0.6) is 0 Å². The van der Waals surface area contributed by atoms with Gasteiger partial charge in [-0.2, -0.15) is 10.4 Å². The van der Waals surface area contributed by atoms with Crippen molar-refractivity contribution in [3.63, 3.8) is 0 Å². The highest BCUT2D eigenvalue weighted by Gasteiger charge is 2.09. The van der Waals surface area contributed by atoms with Gasteiger partial charge in [0, 0.05) is 25.4 Å². The number of aromatic nitrogens is 2. The number of aryl methyl sites for hydroxylation is 2. The van der Waals surface area contributed by atoms with E-state index in [1.54, 1.807) is 16.8 Å². The van der Waals surface area contributed by atoms with Crippen molar-refractivity contribution >= 4 is 5.69 Å². The normalized spacial score (nSPS) is 10.2. The molecule has 1 aromatic carbocycles. The quantitative estimate of drug-likeness (QED) is 0.917. The number of anilines is 1. The van der Waals surface area contributed by atoms with E-state index in [4.69, 9.17) is 5.26 Å². The summed E-state index contributed by atoms with van der Waals surface area (Å²) in [5, 5.41) is 16.4. The maximum absolute atomic E-state index is 13.4. The molecule has 0 atom stereocenters. The fourth-order valence-electron chi connectivity index (χ4n) is 2.00. The van der Waals surface area contributed by atoms with Crippen molar-refractivity contribution in [2.45, 2.75) is 19.9 Å². The Bertz CT molecular complexity index is 625. The van der Waals surface area contributed by atoms with Gasteiger partial charge in [-0.25, -0.2) is 4.39 Å². The van der Waals surface area contributed by atoms with Gasteiger partial charge in [0.2, 0.25) is 0 Å². The molecule has 0 fully saturated rings. The summed E-state index contributed by atoms with van der Waals surface area (Å²) >= 11 is 0. The molecule has 0 aliphatic rings. The van der Waals surface area contributed by atoms with Gasteiger partial charge in [-0.05, 0) is 18.6 Å². The Morgan fingerprint density at radius 3 is 2.95 bits per heavy atom. The van der Waals surface area contributed by atoms with Crippen LogP contribution in [0, 0.1) is 17.1 Å². The zero-order valence-electron chi connectivity index (χ0n) is 10.9. The highest BCUT2D eigenvalue weighted by atomic mass is 19.1. The lowest BCUT2D eigenvalue weighted by molar-refractivity contribution is 0.624. The molecule has 98 valence electrons. The van der Waals surface area contributed by atoms with Gasteiger partial charge in [-0.3, -0.25) is 4.68 Å². The highest BCUT2D eigenvalue weighted by molar-refractivity contribution is 5.58. The maximum atomic E-state index is 13.4. The van der Waals surface area contributed by atoms with E-state index >= 15 is 0 Å².